The Bertz CT molecular complexity index is 153. The van der Waals surface area contributed by atoms with E-state index in [9.17, 15) is 4.79 Å². The SMILES string of the molecule is CC(=O)C1C2CCOCC21. The van der Waals surface area contributed by atoms with E-state index in [0.717, 1.165) is 19.6 Å². The second-order valence-electron chi connectivity index (χ2n) is 3.33. The lowest BCUT2D eigenvalue weighted by atomic mass is 10.2. The molecule has 0 aromatic carbocycles. The Morgan fingerprint density at radius 2 is 2.30 bits per heavy atom. The number of fused-ring (bicyclic) bond motifs is 1. The molecule has 3 atom stereocenters. The summed E-state index contributed by atoms with van der Waals surface area (Å²) in [6.45, 7) is 3.39. The first-order valence-corrected chi connectivity index (χ1v) is 3.89. The van der Waals surface area contributed by atoms with Crippen LogP contribution in [0.5, 0.6) is 0 Å². The Hall–Kier alpha value is -0.370. The summed E-state index contributed by atoms with van der Waals surface area (Å²) in [5.74, 6) is 2.00. The third-order valence-electron chi connectivity index (χ3n) is 2.71. The Kier molecular flexibility index (Phi) is 1.31. The van der Waals surface area contributed by atoms with E-state index in [2.05, 4.69) is 0 Å². The molecule has 1 saturated heterocycles. The molecule has 1 aliphatic carbocycles. The Balaban J connectivity index is 1.99. The summed E-state index contributed by atoms with van der Waals surface area (Å²) >= 11 is 0. The molecule has 2 fully saturated rings. The van der Waals surface area contributed by atoms with Gasteiger partial charge in [-0.25, -0.2) is 0 Å². The molecule has 0 radical (unpaired) electrons. The Morgan fingerprint density at radius 1 is 1.50 bits per heavy atom. The van der Waals surface area contributed by atoms with Crippen molar-refractivity contribution in [1.29, 1.82) is 0 Å². The number of ketones is 1. The zero-order valence-electron chi connectivity index (χ0n) is 6.17. The minimum absolute atomic E-state index is 0.362. The molecule has 2 nitrogen and oxygen atoms in total. The molecule has 56 valence electrons. The maximum Gasteiger partial charge on any atom is 0.133 e. The fraction of sp³-hybridized carbons (Fsp3) is 0.875. The number of carbonyl (C=O) groups is 1. The molecule has 0 spiro atoms. The minimum atomic E-state index is 0.362. The highest BCUT2D eigenvalue weighted by molar-refractivity contribution is 5.81. The summed E-state index contributed by atoms with van der Waals surface area (Å²) in [7, 11) is 0. The van der Waals surface area contributed by atoms with Gasteiger partial charge in [-0.3, -0.25) is 4.79 Å². The van der Waals surface area contributed by atoms with Crippen LogP contribution in [0.25, 0.3) is 0 Å². The summed E-state index contributed by atoms with van der Waals surface area (Å²) in [6.07, 6.45) is 1.11. The fourth-order valence-corrected chi connectivity index (χ4v) is 2.11. The van der Waals surface area contributed by atoms with Crippen molar-refractivity contribution in [1.82, 2.24) is 0 Å². The number of ether oxygens (including phenoxy) is 1. The highest BCUT2D eigenvalue weighted by Gasteiger charge is 2.53. The van der Waals surface area contributed by atoms with Gasteiger partial charge in [0.1, 0.15) is 5.78 Å². The predicted molar refractivity (Wildman–Crippen MR) is 36.6 cm³/mol. The number of hydrogen-bond donors (Lipinski definition) is 0. The molecule has 0 amide bonds. The number of rotatable bonds is 1. The van der Waals surface area contributed by atoms with Gasteiger partial charge < -0.3 is 4.74 Å². The van der Waals surface area contributed by atoms with Gasteiger partial charge in [0.2, 0.25) is 0 Å². The molecule has 0 aromatic rings. The standard InChI is InChI=1S/C8H12O2/c1-5(9)8-6-2-3-10-4-7(6)8/h6-8H,2-4H2,1H3. The van der Waals surface area contributed by atoms with Gasteiger partial charge in [0.05, 0.1) is 6.61 Å². The average Bonchev–Trinajstić information content (AvgIpc) is 2.60. The van der Waals surface area contributed by atoms with Crippen molar-refractivity contribution in [3.05, 3.63) is 0 Å². The van der Waals surface area contributed by atoms with E-state index >= 15 is 0 Å². The Morgan fingerprint density at radius 3 is 2.80 bits per heavy atom. The largest absolute Gasteiger partial charge is 0.381 e. The van der Waals surface area contributed by atoms with Crippen LogP contribution in [-0.4, -0.2) is 19.0 Å². The maximum absolute atomic E-state index is 10.9. The molecule has 1 heterocycles. The highest BCUT2D eigenvalue weighted by Crippen LogP contribution is 2.51. The smallest absolute Gasteiger partial charge is 0.133 e. The van der Waals surface area contributed by atoms with Crippen molar-refractivity contribution in [3.63, 3.8) is 0 Å². The lowest BCUT2D eigenvalue weighted by Gasteiger charge is -2.07. The summed E-state index contributed by atoms with van der Waals surface area (Å²) in [5.41, 5.74) is 0. The van der Waals surface area contributed by atoms with Crippen LogP contribution in [0.2, 0.25) is 0 Å². The van der Waals surface area contributed by atoms with Crippen LogP contribution in [0.15, 0.2) is 0 Å². The van der Waals surface area contributed by atoms with Crippen molar-refractivity contribution in [2.75, 3.05) is 13.2 Å². The van der Waals surface area contributed by atoms with Crippen molar-refractivity contribution in [2.45, 2.75) is 13.3 Å². The van der Waals surface area contributed by atoms with Crippen molar-refractivity contribution >= 4 is 5.78 Å². The molecule has 0 aromatic heterocycles. The van der Waals surface area contributed by atoms with Crippen LogP contribution >= 0.6 is 0 Å². The van der Waals surface area contributed by atoms with Crippen LogP contribution in [-0.2, 0) is 9.53 Å². The molecular formula is C8H12O2. The second kappa shape index (κ2) is 2.06. The van der Waals surface area contributed by atoms with Crippen molar-refractivity contribution < 1.29 is 9.53 Å². The lowest BCUT2D eigenvalue weighted by molar-refractivity contribution is -0.118. The zero-order chi connectivity index (χ0) is 7.14. The number of hydrogen-bond acceptors (Lipinski definition) is 2. The first kappa shape index (κ1) is 6.35. The molecule has 2 aliphatic rings. The number of carbonyl (C=O) groups excluding carboxylic acids is 1. The van der Waals surface area contributed by atoms with Crippen LogP contribution in [0.4, 0.5) is 0 Å². The predicted octanol–water partition coefficient (Wildman–Crippen LogP) is 0.858. The molecule has 2 rings (SSSR count). The monoisotopic (exact) mass is 140 g/mol. The van der Waals surface area contributed by atoms with Crippen LogP contribution in [0, 0.1) is 17.8 Å². The normalized spacial score (nSPS) is 44.3. The molecule has 0 N–H and O–H groups in total. The minimum Gasteiger partial charge on any atom is -0.381 e. The van der Waals surface area contributed by atoms with Gasteiger partial charge in [0.15, 0.2) is 0 Å². The van der Waals surface area contributed by atoms with Crippen LogP contribution in [0.3, 0.4) is 0 Å². The second-order valence-corrected chi connectivity index (χ2v) is 3.33. The number of Topliss-reactive ketones (excluding diaryl/α,β-unsaturated/α-hetero) is 1. The van der Waals surface area contributed by atoms with Gasteiger partial charge in [-0.2, -0.15) is 0 Å². The maximum atomic E-state index is 10.9. The highest BCUT2D eigenvalue weighted by atomic mass is 16.5. The van der Waals surface area contributed by atoms with Gasteiger partial charge in [0.25, 0.3) is 0 Å². The van der Waals surface area contributed by atoms with E-state index in [-0.39, 0.29) is 0 Å². The molecular weight excluding hydrogens is 128 g/mol. The third kappa shape index (κ3) is 0.788. The third-order valence-corrected chi connectivity index (χ3v) is 2.71. The zero-order valence-corrected chi connectivity index (χ0v) is 6.17. The van der Waals surface area contributed by atoms with Crippen LogP contribution in [0.1, 0.15) is 13.3 Å². The molecule has 10 heavy (non-hydrogen) atoms. The van der Waals surface area contributed by atoms with Gasteiger partial charge in [-0.05, 0) is 25.2 Å². The van der Waals surface area contributed by atoms with Crippen LogP contribution < -0.4 is 0 Å². The summed E-state index contributed by atoms with van der Waals surface area (Å²) in [6, 6.07) is 0. The van der Waals surface area contributed by atoms with Gasteiger partial charge in [-0.15, -0.1) is 0 Å². The topological polar surface area (TPSA) is 26.3 Å². The summed E-state index contributed by atoms with van der Waals surface area (Å²) in [5, 5.41) is 0. The van der Waals surface area contributed by atoms with E-state index in [1.807, 2.05) is 0 Å². The van der Waals surface area contributed by atoms with Gasteiger partial charge >= 0.3 is 0 Å². The average molecular weight is 140 g/mol. The molecule has 1 saturated carbocycles. The summed E-state index contributed by atoms with van der Waals surface area (Å²) < 4.78 is 5.25. The van der Waals surface area contributed by atoms with E-state index in [1.54, 1.807) is 6.92 Å². The van der Waals surface area contributed by atoms with E-state index in [1.165, 1.54) is 0 Å². The van der Waals surface area contributed by atoms with E-state index in [4.69, 9.17) is 4.74 Å². The van der Waals surface area contributed by atoms with Gasteiger partial charge in [-0.1, -0.05) is 0 Å². The quantitative estimate of drug-likeness (QED) is 0.540. The van der Waals surface area contributed by atoms with E-state index in [0.29, 0.717) is 23.5 Å². The first-order valence-electron chi connectivity index (χ1n) is 3.89. The lowest BCUT2D eigenvalue weighted by Crippen LogP contribution is -2.07. The van der Waals surface area contributed by atoms with Gasteiger partial charge in [0, 0.05) is 12.5 Å². The Labute approximate surface area is 60.6 Å². The summed E-state index contributed by atoms with van der Waals surface area (Å²) in [4.78, 5) is 10.9. The molecule has 0 bridgehead atoms. The van der Waals surface area contributed by atoms with Crippen molar-refractivity contribution in [3.8, 4) is 0 Å². The molecule has 2 heteroatoms. The molecule has 1 aliphatic heterocycles. The van der Waals surface area contributed by atoms with Crippen molar-refractivity contribution in [2.24, 2.45) is 17.8 Å². The first-order chi connectivity index (χ1) is 4.80. The fourth-order valence-electron chi connectivity index (χ4n) is 2.11. The van der Waals surface area contributed by atoms with E-state index < -0.39 is 0 Å². The molecule has 3 unspecified atom stereocenters.